The van der Waals surface area contributed by atoms with E-state index in [0.717, 1.165) is 24.0 Å². The van der Waals surface area contributed by atoms with Gasteiger partial charge in [-0.05, 0) is 35.7 Å². The maximum atomic E-state index is 13.0. The normalized spacial score (nSPS) is 13.6. The number of phenolic OH excluding ortho intramolecular Hbond substituents is 1. The SMILES string of the molecule is CCCc1cc2c(=O)c(-c3ccc4c(c3)OCCCO4)coc2cc1O. The maximum absolute atomic E-state index is 13.0. The summed E-state index contributed by atoms with van der Waals surface area (Å²) in [7, 11) is 0. The van der Waals surface area contributed by atoms with Gasteiger partial charge in [-0.1, -0.05) is 19.4 Å². The molecule has 0 bridgehead atoms. The van der Waals surface area contributed by atoms with Crippen LogP contribution in [0.5, 0.6) is 17.2 Å². The first-order valence-electron chi connectivity index (χ1n) is 8.85. The number of rotatable bonds is 3. The molecule has 0 amide bonds. The second-order valence-electron chi connectivity index (χ2n) is 6.42. The second kappa shape index (κ2) is 6.75. The molecule has 0 spiro atoms. The molecular formula is C21H20O5. The van der Waals surface area contributed by atoms with Gasteiger partial charge in [0, 0.05) is 12.5 Å². The minimum Gasteiger partial charge on any atom is -0.508 e. The third-order valence-corrected chi connectivity index (χ3v) is 4.55. The summed E-state index contributed by atoms with van der Waals surface area (Å²) >= 11 is 0. The molecule has 0 radical (unpaired) electrons. The van der Waals surface area contributed by atoms with Gasteiger partial charge in [-0.3, -0.25) is 4.79 Å². The summed E-state index contributed by atoms with van der Waals surface area (Å²) in [6, 6.07) is 8.70. The standard InChI is InChI=1S/C21H20O5/c1-2-4-14-9-15-19(11-17(14)22)26-12-16(21(15)23)13-5-6-18-20(10-13)25-8-3-7-24-18/h5-6,9-12,22H,2-4,7-8H2,1H3. The van der Waals surface area contributed by atoms with Crippen LogP contribution < -0.4 is 14.9 Å². The average Bonchev–Trinajstić information content (AvgIpc) is 2.88. The number of fused-ring (bicyclic) bond motifs is 2. The zero-order valence-electron chi connectivity index (χ0n) is 14.6. The van der Waals surface area contributed by atoms with E-state index in [0.29, 0.717) is 47.7 Å². The highest BCUT2D eigenvalue weighted by Crippen LogP contribution is 2.34. The van der Waals surface area contributed by atoms with Crippen LogP contribution in [0.3, 0.4) is 0 Å². The molecule has 5 nitrogen and oxygen atoms in total. The Bertz CT molecular complexity index is 1020. The van der Waals surface area contributed by atoms with Gasteiger partial charge in [-0.15, -0.1) is 0 Å². The third kappa shape index (κ3) is 2.90. The number of aryl methyl sites for hydroxylation is 1. The zero-order chi connectivity index (χ0) is 18.1. The number of phenols is 1. The fourth-order valence-corrected chi connectivity index (χ4v) is 3.21. The number of benzene rings is 2. The first-order chi connectivity index (χ1) is 12.7. The maximum Gasteiger partial charge on any atom is 0.200 e. The fourth-order valence-electron chi connectivity index (χ4n) is 3.21. The summed E-state index contributed by atoms with van der Waals surface area (Å²) in [5.41, 5.74) is 2.18. The summed E-state index contributed by atoms with van der Waals surface area (Å²) < 4.78 is 17.0. The van der Waals surface area contributed by atoms with Gasteiger partial charge in [0.05, 0.1) is 24.2 Å². The molecule has 1 aliphatic rings. The van der Waals surface area contributed by atoms with Crippen LogP contribution >= 0.6 is 0 Å². The molecule has 26 heavy (non-hydrogen) atoms. The molecule has 3 aromatic rings. The zero-order valence-corrected chi connectivity index (χ0v) is 14.6. The van der Waals surface area contributed by atoms with Crippen molar-refractivity contribution in [3.63, 3.8) is 0 Å². The molecule has 2 aromatic carbocycles. The molecule has 0 atom stereocenters. The van der Waals surface area contributed by atoms with Crippen molar-refractivity contribution in [2.75, 3.05) is 13.2 Å². The summed E-state index contributed by atoms with van der Waals surface area (Å²) in [4.78, 5) is 13.0. The van der Waals surface area contributed by atoms with Gasteiger partial charge >= 0.3 is 0 Å². The molecular weight excluding hydrogens is 332 g/mol. The van der Waals surface area contributed by atoms with E-state index in [9.17, 15) is 9.90 Å². The van der Waals surface area contributed by atoms with Crippen molar-refractivity contribution >= 4 is 11.0 Å². The van der Waals surface area contributed by atoms with Crippen LogP contribution in [-0.4, -0.2) is 18.3 Å². The van der Waals surface area contributed by atoms with Crippen LogP contribution in [0.1, 0.15) is 25.3 Å². The van der Waals surface area contributed by atoms with E-state index in [-0.39, 0.29) is 11.2 Å². The molecule has 134 valence electrons. The topological polar surface area (TPSA) is 68.9 Å². The Morgan fingerprint density at radius 2 is 1.88 bits per heavy atom. The van der Waals surface area contributed by atoms with Gasteiger partial charge in [0.1, 0.15) is 17.6 Å². The first kappa shape index (κ1) is 16.5. The van der Waals surface area contributed by atoms with Crippen molar-refractivity contribution in [3.8, 4) is 28.4 Å². The van der Waals surface area contributed by atoms with Crippen LogP contribution in [0.25, 0.3) is 22.1 Å². The third-order valence-electron chi connectivity index (χ3n) is 4.55. The Labute approximate surface area is 150 Å². The Hall–Kier alpha value is -2.95. The van der Waals surface area contributed by atoms with Gasteiger partial charge in [0.25, 0.3) is 0 Å². The molecule has 1 aliphatic heterocycles. The fraction of sp³-hybridized carbons (Fsp3) is 0.286. The van der Waals surface area contributed by atoms with Crippen molar-refractivity contribution < 1.29 is 19.0 Å². The molecule has 5 heteroatoms. The van der Waals surface area contributed by atoms with E-state index in [1.54, 1.807) is 6.07 Å². The number of hydrogen-bond donors (Lipinski definition) is 1. The molecule has 4 rings (SSSR count). The lowest BCUT2D eigenvalue weighted by molar-refractivity contribution is 0.297. The van der Waals surface area contributed by atoms with Crippen LogP contribution in [-0.2, 0) is 6.42 Å². The van der Waals surface area contributed by atoms with Crippen LogP contribution in [0, 0.1) is 0 Å². The predicted molar refractivity (Wildman–Crippen MR) is 99.2 cm³/mol. The smallest absolute Gasteiger partial charge is 0.200 e. The van der Waals surface area contributed by atoms with Crippen molar-refractivity contribution in [3.05, 3.63) is 52.4 Å². The van der Waals surface area contributed by atoms with E-state index in [2.05, 4.69) is 0 Å². The number of ether oxygens (including phenoxy) is 2. The highest BCUT2D eigenvalue weighted by atomic mass is 16.5. The predicted octanol–water partition coefficient (Wildman–Crippen LogP) is 4.28. The van der Waals surface area contributed by atoms with Gasteiger partial charge < -0.3 is 19.0 Å². The lowest BCUT2D eigenvalue weighted by Crippen LogP contribution is -2.06. The molecule has 0 saturated carbocycles. The molecule has 1 N–H and O–H groups in total. The van der Waals surface area contributed by atoms with Crippen LogP contribution in [0.4, 0.5) is 0 Å². The number of aromatic hydroxyl groups is 1. The quantitative estimate of drug-likeness (QED) is 0.762. The Morgan fingerprint density at radius 3 is 2.69 bits per heavy atom. The average molecular weight is 352 g/mol. The van der Waals surface area contributed by atoms with Crippen molar-refractivity contribution in [1.29, 1.82) is 0 Å². The summed E-state index contributed by atoms with van der Waals surface area (Å²) in [6.07, 6.45) is 3.84. The summed E-state index contributed by atoms with van der Waals surface area (Å²) in [5, 5.41) is 10.6. The van der Waals surface area contributed by atoms with Crippen molar-refractivity contribution in [2.24, 2.45) is 0 Å². The van der Waals surface area contributed by atoms with E-state index >= 15 is 0 Å². The van der Waals surface area contributed by atoms with Crippen LogP contribution in [0.2, 0.25) is 0 Å². The molecule has 0 saturated heterocycles. The molecule has 1 aromatic heterocycles. The Morgan fingerprint density at radius 1 is 1.08 bits per heavy atom. The van der Waals surface area contributed by atoms with Gasteiger partial charge in [0.15, 0.2) is 11.5 Å². The van der Waals surface area contributed by atoms with Gasteiger partial charge in [0.2, 0.25) is 5.43 Å². The molecule has 2 heterocycles. The van der Waals surface area contributed by atoms with E-state index in [4.69, 9.17) is 13.9 Å². The molecule has 0 unspecified atom stereocenters. The summed E-state index contributed by atoms with van der Waals surface area (Å²) in [5.74, 6) is 1.48. The Kier molecular flexibility index (Phi) is 4.29. The highest BCUT2D eigenvalue weighted by Gasteiger charge is 2.16. The lowest BCUT2D eigenvalue weighted by Gasteiger charge is -2.10. The van der Waals surface area contributed by atoms with Gasteiger partial charge in [-0.25, -0.2) is 0 Å². The van der Waals surface area contributed by atoms with E-state index in [1.807, 2.05) is 25.1 Å². The largest absolute Gasteiger partial charge is 0.508 e. The van der Waals surface area contributed by atoms with Crippen molar-refractivity contribution in [2.45, 2.75) is 26.2 Å². The van der Waals surface area contributed by atoms with Gasteiger partial charge in [-0.2, -0.15) is 0 Å². The number of hydrogen-bond acceptors (Lipinski definition) is 5. The first-order valence-corrected chi connectivity index (χ1v) is 8.85. The molecule has 0 aliphatic carbocycles. The molecule has 0 fully saturated rings. The minimum atomic E-state index is -0.127. The highest BCUT2D eigenvalue weighted by molar-refractivity contribution is 5.84. The second-order valence-corrected chi connectivity index (χ2v) is 6.42. The minimum absolute atomic E-state index is 0.127. The van der Waals surface area contributed by atoms with Crippen LogP contribution in [0.15, 0.2) is 45.8 Å². The van der Waals surface area contributed by atoms with E-state index in [1.165, 1.54) is 12.3 Å². The summed E-state index contributed by atoms with van der Waals surface area (Å²) in [6.45, 7) is 3.23. The Balaban J connectivity index is 1.84. The van der Waals surface area contributed by atoms with E-state index < -0.39 is 0 Å². The lowest BCUT2D eigenvalue weighted by atomic mass is 10.0. The van der Waals surface area contributed by atoms with Crippen molar-refractivity contribution in [1.82, 2.24) is 0 Å². The monoisotopic (exact) mass is 352 g/mol.